The molecule has 182 valence electrons. The molecule has 0 spiro atoms. The van der Waals surface area contributed by atoms with E-state index in [0.29, 0.717) is 17.8 Å². The van der Waals surface area contributed by atoms with Gasteiger partial charge in [0.15, 0.2) is 0 Å². The molecule has 0 aromatic carbocycles. The van der Waals surface area contributed by atoms with E-state index >= 15 is 0 Å². The Morgan fingerprint density at radius 2 is 1.82 bits per heavy atom. The molecule has 1 unspecified atom stereocenters. The first kappa shape index (κ1) is 24.2. The van der Waals surface area contributed by atoms with E-state index in [1.165, 1.54) is 25.7 Å². The molecule has 0 bridgehead atoms. The molecule has 4 rings (SSSR count). The van der Waals surface area contributed by atoms with Gasteiger partial charge in [0.25, 0.3) is 0 Å². The highest BCUT2D eigenvalue weighted by atomic mass is 19.4. The van der Waals surface area contributed by atoms with Crippen LogP contribution in [0.25, 0.3) is 6.08 Å². The molecule has 0 radical (unpaired) electrons. The van der Waals surface area contributed by atoms with Gasteiger partial charge in [-0.15, -0.1) is 0 Å². The number of piperazine rings is 1. The first-order valence-corrected chi connectivity index (χ1v) is 12.1. The highest BCUT2D eigenvalue weighted by Crippen LogP contribution is 2.34. The Hall–Kier alpha value is -1.93. The maximum atomic E-state index is 13.0. The quantitative estimate of drug-likeness (QED) is 0.617. The molecule has 0 saturated carbocycles. The summed E-state index contributed by atoms with van der Waals surface area (Å²) in [7, 11) is 0. The van der Waals surface area contributed by atoms with E-state index in [1.807, 2.05) is 6.92 Å². The van der Waals surface area contributed by atoms with E-state index in [4.69, 9.17) is 9.72 Å². The van der Waals surface area contributed by atoms with E-state index in [9.17, 15) is 13.2 Å². The van der Waals surface area contributed by atoms with Gasteiger partial charge in [0.05, 0.1) is 12.1 Å². The van der Waals surface area contributed by atoms with Crippen molar-refractivity contribution in [3.8, 4) is 0 Å². The lowest BCUT2D eigenvalue weighted by Crippen LogP contribution is -2.47. The average molecular weight is 465 g/mol. The Morgan fingerprint density at radius 3 is 2.58 bits per heavy atom. The van der Waals surface area contributed by atoms with Crippen LogP contribution < -0.4 is 4.90 Å². The summed E-state index contributed by atoms with van der Waals surface area (Å²) in [5, 5.41) is 0. The van der Waals surface area contributed by atoms with Gasteiger partial charge in [0.1, 0.15) is 11.6 Å². The van der Waals surface area contributed by atoms with E-state index < -0.39 is 12.6 Å². The largest absolute Gasteiger partial charge is 0.393 e. The Bertz CT molecular complexity index is 880. The van der Waals surface area contributed by atoms with Crippen molar-refractivity contribution < 1.29 is 17.9 Å². The minimum Gasteiger partial charge on any atom is -0.381 e. The van der Waals surface area contributed by atoms with Gasteiger partial charge in [-0.25, -0.2) is 9.97 Å². The van der Waals surface area contributed by atoms with Gasteiger partial charge in [-0.05, 0) is 70.1 Å². The fourth-order valence-corrected chi connectivity index (χ4v) is 5.10. The number of ether oxygens (including phenoxy) is 1. The number of anilines is 1. The van der Waals surface area contributed by atoms with Crippen molar-refractivity contribution in [2.45, 2.75) is 58.5 Å². The number of hydrogen-bond acceptors (Lipinski definition) is 5. The number of aryl methyl sites for hydroxylation is 1. The van der Waals surface area contributed by atoms with Crippen LogP contribution in [0.15, 0.2) is 17.2 Å². The van der Waals surface area contributed by atoms with E-state index in [0.717, 1.165) is 74.5 Å². The van der Waals surface area contributed by atoms with Crippen LogP contribution in [0.2, 0.25) is 0 Å². The smallest absolute Gasteiger partial charge is 0.381 e. The molecular weight excluding hydrogens is 429 g/mol. The second kappa shape index (κ2) is 10.6. The number of aromatic nitrogens is 2. The Kier molecular flexibility index (Phi) is 7.74. The van der Waals surface area contributed by atoms with Gasteiger partial charge in [-0.2, -0.15) is 13.2 Å². The zero-order chi connectivity index (χ0) is 23.4. The third-order valence-electron chi connectivity index (χ3n) is 7.05. The molecule has 5 nitrogen and oxygen atoms in total. The van der Waals surface area contributed by atoms with Gasteiger partial charge in [0.2, 0.25) is 0 Å². The number of allylic oxidation sites excluding steroid dienone is 3. The van der Waals surface area contributed by atoms with Gasteiger partial charge in [-0.3, -0.25) is 4.90 Å². The van der Waals surface area contributed by atoms with E-state index in [-0.39, 0.29) is 0 Å². The number of rotatable bonds is 5. The van der Waals surface area contributed by atoms with E-state index in [1.54, 1.807) is 19.1 Å². The minimum atomic E-state index is -4.22. The molecule has 2 aliphatic heterocycles. The zero-order valence-electron chi connectivity index (χ0n) is 19.8. The van der Waals surface area contributed by atoms with Crippen molar-refractivity contribution in [2.24, 2.45) is 5.92 Å². The second-order valence-electron chi connectivity index (χ2n) is 9.59. The molecule has 0 amide bonds. The first-order valence-electron chi connectivity index (χ1n) is 12.1. The maximum absolute atomic E-state index is 13.0. The summed E-state index contributed by atoms with van der Waals surface area (Å²) >= 11 is 0. The fourth-order valence-electron chi connectivity index (χ4n) is 5.10. The van der Waals surface area contributed by atoms with Crippen molar-refractivity contribution >= 4 is 11.9 Å². The maximum Gasteiger partial charge on any atom is 0.393 e. The highest BCUT2D eigenvalue weighted by Gasteiger charge is 2.30. The number of fused-ring (bicyclic) bond motifs is 1. The average Bonchev–Trinajstić information content (AvgIpc) is 3.11. The normalized spacial score (nSPS) is 22.8. The van der Waals surface area contributed by atoms with Gasteiger partial charge >= 0.3 is 6.18 Å². The van der Waals surface area contributed by atoms with Crippen molar-refractivity contribution in [1.82, 2.24) is 14.9 Å². The Morgan fingerprint density at radius 1 is 1.03 bits per heavy atom. The molecule has 1 atom stereocenters. The fraction of sp³-hybridized carbons (Fsp3) is 0.680. The number of nitrogens with zero attached hydrogens (tertiary/aromatic N) is 4. The van der Waals surface area contributed by atoms with Crippen LogP contribution >= 0.6 is 0 Å². The van der Waals surface area contributed by atoms with E-state index in [2.05, 4.69) is 14.8 Å². The van der Waals surface area contributed by atoms with Crippen LogP contribution in [-0.4, -0.2) is 67.0 Å². The molecule has 1 aromatic heterocycles. The van der Waals surface area contributed by atoms with Crippen molar-refractivity contribution in [1.29, 1.82) is 0 Å². The first-order chi connectivity index (χ1) is 15.8. The lowest BCUT2D eigenvalue weighted by molar-refractivity contribution is -0.126. The third-order valence-corrected chi connectivity index (χ3v) is 7.05. The van der Waals surface area contributed by atoms with Gasteiger partial charge < -0.3 is 9.64 Å². The van der Waals surface area contributed by atoms with Gasteiger partial charge in [0, 0.05) is 45.0 Å². The highest BCUT2D eigenvalue weighted by molar-refractivity contribution is 5.64. The Balaban J connectivity index is 1.42. The summed E-state index contributed by atoms with van der Waals surface area (Å²) in [6.07, 6.45) is 3.48. The molecule has 8 heteroatoms. The summed E-state index contributed by atoms with van der Waals surface area (Å²) < 4.78 is 44.7. The summed E-state index contributed by atoms with van der Waals surface area (Å²) in [6, 6.07) is 0. The third kappa shape index (κ3) is 6.57. The zero-order valence-corrected chi connectivity index (χ0v) is 19.8. The van der Waals surface area contributed by atoms with Crippen molar-refractivity contribution in [3.05, 3.63) is 34.3 Å². The molecule has 2 saturated heterocycles. The predicted molar refractivity (Wildman–Crippen MR) is 124 cm³/mol. The summed E-state index contributed by atoms with van der Waals surface area (Å²) in [6.45, 7) is 10.3. The SMILES string of the molecule is CC1=C(CC(F)(F)F)C=Cc2nc(C)nc(N3CCN(CCC4CCCOCC4)CC3)c2C1. The van der Waals surface area contributed by atoms with Crippen molar-refractivity contribution in [3.63, 3.8) is 0 Å². The van der Waals surface area contributed by atoms with Crippen molar-refractivity contribution in [2.75, 3.05) is 50.8 Å². The molecule has 33 heavy (non-hydrogen) atoms. The second-order valence-corrected chi connectivity index (χ2v) is 9.59. The lowest BCUT2D eigenvalue weighted by atomic mass is 9.96. The Labute approximate surface area is 194 Å². The van der Waals surface area contributed by atoms with Gasteiger partial charge in [-0.1, -0.05) is 11.6 Å². The molecule has 1 aromatic rings. The number of halogens is 3. The number of hydrogen-bond donors (Lipinski definition) is 0. The van der Waals surface area contributed by atoms with Crippen LogP contribution in [0.4, 0.5) is 19.0 Å². The summed E-state index contributed by atoms with van der Waals surface area (Å²) in [5.74, 6) is 2.30. The van der Waals surface area contributed by atoms with Crippen LogP contribution in [-0.2, 0) is 11.2 Å². The van der Waals surface area contributed by atoms with Crippen LogP contribution in [0.5, 0.6) is 0 Å². The summed E-state index contributed by atoms with van der Waals surface area (Å²) in [4.78, 5) is 14.1. The molecule has 2 fully saturated rings. The van der Waals surface area contributed by atoms with Crippen LogP contribution in [0, 0.1) is 12.8 Å². The topological polar surface area (TPSA) is 41.5 Å². The minimum absolute atomic E-state index is 0.331. The standard InChI is InChI=1S/C25H35F3N4O/c1-18-16-22-23(6-5-21(18)17-25(26,27)28)29-19(2)30-24(22)32-12-10-31(11-13-32)9-7-20-4-3-14-33-15-8-20/h5-6,20H,3-4,7-17H2,1-2H3. The van der Waals surface area contributed by atoms with Crippen LogP contribution in [0.3, 0.4) is 0 Å². The molecule has 3 heterocycles. The monoisotopic (exact) mass is 464 g/mol. The molecule has 1 aliphatic carbocycles. The van der Waals surface area contributed by atoms with Crippen LogP contribution in [0.1, 0.15) is 56.1 Å². The number of alkyl halides is 3. The molecule has 0 N–H and O–H groups in total. The summed E-state index contributed by atoms with van der Waals surface area (Å²) in [5.41, 5.74) is 2.75. The molecule has 3 aliphatic rings. The molecular formula is C25H35F3N4O. The predicted octanol–water partition coefficient (Wildman–Crippen LogP) is 4.95. The lowest BCUT2D eigenvalue weighted by Gasteiger charge is -2.37.